The third kappa shape index (κ3) is 1.81. The molecule has 1 aliphatic rings. The maximum absolute atomic E-state index is 8.81. The van der Waals surface area contributed by atoms with Crippen molar-refractivity contribution in [3.8, 4) is 11.8 Å². The van der Waals surface area contributed by atoms with Crippen molar-refractivity contribution < 1.29 is 4.74 Å². The predicted octanol–water partition coefficient (Wildman–Crippen LogP) is 2.62. The van der Waals surface area contributed by atoms with Crippen molar-refractivity contribution in [2.24, 2.45) is 0 Å². The van der Waals surface area contributed by atoms with E-state index in [1.165, 1.54) is 0 Å². The van der Waals surface area contributed by atoms with Gasteiger partial charge in [-0.3, -0.25) is 0 Å². The van der Waals surface area contributed by atoms with Gasteiger partial charge in [0.15, 0.2) is 0 Å². The first-order chi connectivity index (χ1) is 7.77. The molecule has 16 heavy (non-hydrogen) atoms. The molecule has 0 N–H and O–H groups in total. The smallest absolute Gasteiger partial charge is 0.142 e. The third-order valence-corrected chi connectivity index (χ3v) is 3.20. The second-order valence-corrected chi connectivity index (χ2v) is 4.17. The fraction of sp³-hybridized carbons (Fsp3) is 0.417. The summed E-state index contributed by atoms with van der Waals surface area (Å²) in [6, 6.07) is 5.89. The van der Waals surface area contributed by atoms with Gasteiger partial charge < -0.3 is 9.64 Å². The molecule has 0 fully saturated rings. The Labute approximate surface area is 100 Å². The van der Waals surface area contributed by atoms with E-state index in [9.17, 15) is 0 Å². The summed E-state index contributed by atoms with van der Waals surface area (Å²) >= 11 is 6.17. The lowest BCUT2D eigenvalue weighted by atomic mass is 10.0. The summed E-state index contributed by atoms with van der Waals surface area (Å²) in [4.78, 5) is 2.03. The number of hydrogen-bond acceptors (Lipinski definition) is 3. The first-order valence-electron chi connectivity index (χ1n) is 5.25. The van der Waals surface area contributed by atoms with Gasteiger partial charge in [-0.25, -0.2) is 0 Å². The monoisotopic (exact) mass is 236 g/mol. The number of hydrogen-bond donors (Lipinski definition) is 0. The van der Waals surface area contributed by atoms with Crippen molar-refractivity contribution in [1.82, 2.24) is 0 Å². The van der Waals surface area contributed by atoms with E-state index in [1.54, 1.807) is 7.11 Å². The van der Waals surface area contributed by atoms with Crippen molar-refractivity contribution in [2.75, 3.05) is 25.1 Å². The molecule has 0 aromatic heterocycles. The van der Waals surface area contributed by atoms with Gasteiger partial charge in [-0.2, -0.15) is 5.26 Å². The summed E-state index contributed by atoms with van der Waals surface area (Å²) in [5.74, 6) is 0.800. The normalized spacial score (nSPS) is 14.2. The average molecular weight is 237 g/mol. The first-order valence-corrected chi connectivity index (χ1v) is 5.63. The van der Waals surface area contributed by atoms with Crippen LogP contribution in [0, 0.1) is 11.3 Å². The molecule has 0 unspecified atom stereocenters. The molecule has 1 heterocycles. The van der Waals surface area contributed by atoms with E-state index in [0.717, 1.165) is 41.4 Å². The maximum Gasteiger partial charge on any atom is 0.142 e. The molecule has 0 atom stereocenters. The molecule has 1 aliphatic heterocycles. The Kier molecular flexibility index (Phi) is 3.21. The minimum atomic E-state index is 0.379. The fourth-order valence-electron chi connectivity index (χ4n) is 2.14. The summed E-state index contributed by atoms with van der Waals surface area (Å²) in [5, 5.41) is 9.57. The zero-order chi connectivity index (χ0) is 11.5. The largest absolute Gasteiger partial charge is 0.495 e. The minimum absolute atomic E-state index is 0.379. The second kappa shape index (κ2) is 4.63. The standard InChI is InChI=1S/C12H13ClN2O/c1-16-11-5-4-10(13)9-3-2-7-15(8-6-14)12(9)11/h4-5H,2-3,7-8H2,1H3. The number of rotatable bonds is 2. The number of methoxy groups -OCH3 is 1. The lowest BCUT2D eigenvalue weighted by molar-refractivity contribution is 0.413. The molecule has 0 saturated carbocycles. The Hall–Kier alpha value is -1.40. The van der Waals surface area contributed by atoms with Gasteiger partial charge in [0.2, 0.25) is 0 Å². The van der Waals surface area contributed by atoms with Crippen LogP contribution in [0.4, 0.5) is 5.69 Å². The summed E-state index contributed by atoms with van der Waals surface area (Å²) in [6.45, 7) is 1.26. The zero-order valence-corrected chi connectivity index (χ0v) is 9.92. The maximum atomic E-state index is 8.81. The number of anilines is 1. The number of fused-ring (bicyclic) bond motifs is 1. The Morgan fingerprint density at radius 2 is 2.38 bits per heavy atom. The Morgan fingerprint density at radius 1 is 1.56 bits per heavy atom. The molecule has 1 aromatic rings. The highest BCUT2D eigenvalue weighted by atomic mass is 35.5. The molecule has 1 aromatic carbocycles. The molecular weight excluding hydrogens is 224 g/mol. The highest BCUT2D eigenvalue weighted by molar-refractivity contribution is 6.31. The van der Waals surface area contributed by atoms with Crippen LogP contribution in [-0.4, -0.2) is 20.2 Å². The molecule has 84 valence electrons. The van der Waals surface area contributed by atoms with E-state index < -0.39 is 0 Å². The van der Waals surface area contributed by atoms with Crippen LogP contribution in [0.1, 0.15) is 12.0 Å². The molecule has 2 rings (SSSR count). The van der Waals surface area contributed by atoms with E-state index in [4.69, 9.17) is 21.6 Å². The van der Waals surface area contributed by atoms with E-state index in [-0.39, 0.29) is 0 Å². The average Bonchev–Trinajstić information content (AvgIpc) is 2.31. The van der Waals surface area contributed by atoms with Crippen molar-refractivity contribution in [2.45, 2.75) is 12.8 Å². The van der Waals surface area contributed by atoms with E-state index >= 15 is 0 Å². The van der Waals surface area contributed by atoms with E-state index in [1.807, 2.05) is 17.0 Å². The number of nitrogens with zero attached hydrogens (tertiary/aromatic N) is 2. The topological polar surface area (TPSA) is 36.3 Å². The summed E-state index contributed by atoms with van der Waals surface area (Å²) < 4.78 is 5.33. The molecule has 3 nitrogen and oxygen atoms in total. The summed E-state index contributed by atoms with van der Waals surface area (Å²) in [6.07, 6.45) is 1.98. The molecule has 0 bridgehead atoms. The van der Waals surface area contributed by atoms with Gasteiger partial charge in [-0.05, 0) is 30.5 Å². The number of ether oxygens (including phenoxy) is 1. The number of nitriles is 1. The Morgan fingerprint density at radius 3 is 3.06 bits per heavy atom. The number of benzene rings is 1. The molecule has 0 radical (unpaired) electrons. The molecule has 0 amide bonds. The van der Waals surface area contributed by atoms with Crippen LogP contribution >= 0.6 is 11.6 Å². The minimum Gasteiger partial charge on any atom is -0.495 e. The lowest BCUT2D eigenvalue weighted by Crippen LogP contribution is -2.30. The SMILES string of the molecule is COc1ccc(Cl)c2c1N(CC#N)CCC2. The van der Waals surface area contributed by atoms with Crippen LogP contribution in [0.15, 0.2) is 12.1 Å². The van der Waals surface area contributed by atoms with Crippen molar-refractivity contribution >= 4 is 17.3 Å². The van der Waals surface area contributed by atoms with Crippen LogP contribution in [0.2, 0.25) is 5.02 Å². The highest BCUT2D eigenvalue weighted by Gasteiger charge is 2.22. The first kappa shape index (κ1) is 11.1. The van der Waals surface area contributed by atoms with Gasteiger partial charge in [-0.1, -0.05) is 11.6 Å². The van der Waals surface area contributed by atoms with Crippen molar-refractivity contribution in [3.05, 3.63) is 22.7 Å². The second-order valence-electron chi connectivity index (χ2n) is 3.76. The molecule has 0 aliphatic carbocycles. The van der Waals surface area contributed by atoms with E-state index in [0.29, 0.717) is 6.54 Å². The van der Waals surface area contributed by atoms with Crippen LogP contribution in [0.3, 0.4) is 0 Å². The van der Waals surface area contributed by atoms with Crippen LogP contribution in [-0.2, 0) is 6.42 Å². The van der Waals surface area contributed by atoms with Gasteiger partial charge in [0.25, 0.3) is 0 Å². The van der Waals surface area contributed by atoms with Crippen LogP contribution < -0.4 is 9.64 Å². The van der Waals surface area contributed by atoms with Gasteiger partial charge in [0.05, 0.1) is 18.9 Å². The Balaban J connectivity index is 2.52. The van der Waals surface area contributed by atoms with Gasteiger partial charge in [0.1, 0.15) is 12.3 Å². The highest BCUT2D eigenvalue weighted by Crippen LogP contribution is 2.39. The summed E-state index contributed by atoms with van der Waals surface area (Å²) in [5.41, 5.74) is 2.09. The van der Waals surface area contributed by atoms with Gasteiger partial charge in [0, 0.05) is 11.6 Å². The molecule has 0 spiro atoms. The van der Waals surface area contributed by atoms with Gasteiger partial charge >= 0.3 is 0 Å². The zero-order valence-electron chi connectivity index (χ0n) is 9.16. The van der Waals surface area contributed by atoms with E-state index in [2.05, 4.69) is 6.07 Å². The van der Waals surface area contributed by atoms with Crippen LogP contribution in [0.25, 0.3) is 0 Å². The van der Waals surface area contributed by atoms with Crippen molar-refractivity contribution in [3.63, 3.8) is 0 Å². The Bertz CT molecular complexity index is 439. The molecule has 0 saturated heterocycles. The van der Waals surface area contributed by atoms with Crippen molar-refractivity contribution in [1.29, 1.82) is 5.26 Å². The quantitative estimate of drug-likeness (QED) is 0.741. The summed E-state index contributed by atoms with van der Waals surface area (Å²) in [7, 11) is 1.64. The predicted molar refractivity (Wildman–Crippen MR) is 64.2 cm³/mol. The third-order valence-electron chi connectivity index (χ3n) is 2.84. The fourth-order valence-corrected chi connectivity index (χ4v) is 2.39. The lowest BCUT2D eigenvalue weighted by Gasteiger charge is -2.31. The molecular formula is C12H13ClN2O. The molecule has 4 heteroatoms. The van der Waals surface area contributed by atoms with Gasteiger partial charge in [-0.15, -0.1) is 0 Å². The van der Waals surface area contributed by atoms with Crippen LogP contribution in [0.5, 0.6) is 5.75 Å². The number of halogens is 1.